The highest BCUT2D eigenvalue weighted by atomic mass is 35.5. The fourth-order valence-corrected chi connectivity index (χ4v) is 4.57. The third-order valence-electron chi connectivity index (χ3n) is 3.68. The lowest BCUT2D eigenvalue weighted by atomic mass is 10.1. The van der Waals surface area contributed by atoms with Gasteiger partial charge < -0.3 is 4.52 Å². The summed E-state index contributed by atoms with van der Waals surface area (Å²) in [5.41, 5.74) is 0.917. The van der Waals surface area contributed by atoms with Crippen molar-refractivity contribution in [3.63, 3.8) is 0 Å². The van der Waals surface area contributed by atoms with Gasteiger partial charge >= 0.3 is 0 Å². The van der Waals surface area contributed by atoms with Crippen molar-refractivity contribution in [1.82, 2.24) is 10.1 Å². The number of sulfone groups is 1. The lowest BCUT2D eigenvalue weighted by Gasteiger charge is -2.04. The first kappa shape index (κ1) is 14.5. The Kier molecular flexibility index (Phi) is 3.99. The molecular weight excluding hydrogens is 312 g/mol. The highest BCUT2D eigenvalue weighted by Crippen LogP contribution is 2.23. The zero-order chi connectivity index (χ0) is 14.9. The summed E-state index contributed by atoms with van der Waals surface area (Å²) < 4.78 is 28.8. The Hall–Kier alpha value is -1.40. The third kappa shape index (κ3) is 3.27. The van der Waals surface area contributed by atoms with E-state index in [0.717, 1.165) is 5.56 Å². The molecule has 2 heterocycles. The van der Waals surface area contributed by atoms with Crippen LogP contribution in [0.4, 0.5) is 0 Å². The van der Waals surface area contributed by atoms with Gasteiger partial charge in [-0.15, -0.1) is 0 Å². The molecular formula is C14H15ClN2O3S. The molecule has 0 bridgehead atoms. The van der Waals surface area contributed by atoms with Crippen LogP contribution in [0, 0.1) is 0 Å². The molecule has 5 nitrogen and oxygen atoms in total. The van der Waals surface area contributed by atoms with E-state index in [0.29, 0.717) is 42.4 Å². The Morgan fingerprint density at radius 3 is 2.86 bits per heavy atom. The summed E-state index contributed by atoms with van der Waals surface area (Å²) >= 11 is 6.09. The molecule has 1 unspecified atom stereocenters. The molecule has 2 aromatic rings. The largest absolute Gasteiger partial charge is 0.339 e. The molecule has 7 heteroatoms. The molecule has 1 aromatic heterocycles. The van der Waals surface area contributed by atoms with Crippen LogP contribution in [0.25, 0.3) is 0 Å². The Morgan fingerprint density at radius 2 is 2.14 bits per heavy atom. The number of benzene rings is 1. The van der Waals surface area contributed by atoms with Gasteiger partial charge in [0, 0.05) is 17.9 Å². The highest BCUT2D eigenvalue weighted by Gasteiger charge is 2.32. The van der Waals surface area contributed by atoms with Crippen LogP contribution in [0.15, 0.2) is 28.8 Å². The molecule has 0 N–H and O–H groups in total. The molecule has 1 aliphatic rings. The molecule has 1 aliphatic heterocycles. The third-order valence-corrected chi connectivity index (χ3v) is 6.33. The van der Waals surface area contributed by atoms with Gasteiger partial charge in [0.15, 0.2) is 15.7 Å². The van der Waals surface area contributed by atoms with Crippen LogP contribution >= 0.6 is 11.6 Å². The minimum Gasteiger partial charge on any atom is -0.339 e. The summed E-state index contributed by atoms with van der Waals surface area (Å²) in [6.45, 7) is 0. The predicted molar refractivity (Wildman–Crippen MR) is 79.1 cm³/mol. The average molecular weight is 327 g/mol. The van der Waals surface area contributed by atoms with Gasteiger partial charge in [-0.1, -0.05) is 35.0 Å². The molecule has 0 spiro atoms. The Balaban J connectivity index is 1.71. The lowest BCUT2D eigenvalue weighted by molar-refractivity contribution is 0.371. The van der Waals surface area contributed by atoms with E-state index in [4.69, 9.17) is 16.1 Å². The van der Waals surface area contributed by atoms with E-state index in [1.807, 2.05) is 24.3 Å². The number of hydrogen-bond donors (Lipinski definition) is 0. The number of aromatic nitrogens is 2. The van der Waals surface area contributed by atoms with Crippen molar-refractivity contribution >= 4 is 21.4 Å². The van der Waals surface area contributed by atoms with E-state index >= 15 is 0 Å². The molecule has 0 amide bonds. The molecule has 21 heavy (non-hydrogen) atoms. The van der Waals surface area contributed by atoms with Crippen molar-refractivity contribution in [2.75, 3.05) is 5.75 Å². The maximum absolute atomic E-state index is 11.8. The van der Waals surface area contributed by atoms with E-state index < -0.39 is 9.84 Å². The van der Waals surface area contributed by atoms with Gasteiger partial charge in [-0.3, -0.25) is 0 Å². The van der Waals surface area contributed by atoms with E-state index in [2.05, 4.69) is 10.1 Å². The summed E-state index contributed by atoms with van der Waals surface area (Å²) in [6, 6.07) is 7.47. The average Bonchev–Trinajstić information content (AvgIpc) is 3.00. The second kappa shape index (κ2) is 5.77. The summed E-state index contributed by atoms with van der Waals surface area (Å²) in [6.07, 6.45) is 2.16. The Morgan fingerprint density at radius 1 is 1.33 bits per heavy atom. The SMILES string of the molecule is O=S1(=O)CCCC1Cc1nc(Cc2ccccc2Cl)no1. The maximum atomic E-state index is 11.8. The highest BCUT2D eigenvalue weighted by molar-refractivity contribution is 7.92. The first-order valence-electron chi connectivity index (χ1n) is 6.81. The van der Waals surface area contributed by atoms with Crippen LogP contribution < -0.4 is 0 Å². The van der Waals surface area contributed by atoms with Crippen LogP contribution in [0.1, 0.15) is 30.1 Å². The van der Waals surface area contributed by atoms with Crippen LogP contribution in [0.3, 0.4) is 0 Å². The van der Waals surface area contributed by atoms with Gasteiger partial charge in [0.1, 0.15) is 0 Å². The molecule has 0 saturated carbocycles. The first-order chi connectivity index (χ1) is 10.0. The lowest BCUT2D eigenvalue weighted by Crippen LogP contribution is -2.18. The van der Waals surface area contributed by atoms with Crippen molar-refractivity contribution in [2.24, 2.45) is 0 Å². The van der Waals surface area contributed by atoms with Gasteiger partial charge in [-0.2, -0.15) is 4.98 Å². The summed E-state index contributed by atoms with van der Waals surface area (Å²) in [7, 11) is -2.99. The normalized spacial score (nSPS) is 20.7. The number of rotatable bonds is 4. The second-order valence-electron chi connectivity index (χ2n) is 5.21. The molecule has 1 aromatic carbocycles. The van der Waals surface area contributed by atoms with Crippen LogP contribution in [-0.2, 0) is 22.7 Å². The zero-order valence-corrected chi connectivity index (χ0v) is 12.9. The van der Waals surface area contributed by atoms with Crippen molar-refractivity contribution in [3.05, 3.63) is 46.6 Å². The van der Waals surface area contributed by atoms with Gasteiger partial charge in [-0.25, -0.2) is 8.42 Å². The van der Waals surface area contributed by atoms with Crippen LogP contribution in [-0.4, -0.2) is 29.6 Å². The van der Waals surface area contributed by atoms with E-state index in [1.54, 1.807) is 0 Å². The van der Waals surface area contributed by atoms with Crippen molar-refractivity contribution in [2.45, 2.75) is 30.9 Å². The quantitative estimate of drug-likeness (QED) is 0.862. The van der Waals surface area contributed by atoms with Gasteiger partial charge in [0.2, 0.25) is 5.89 Å². The molecule has 0 aliphatic carbocycles. The number of hydrogen-bond acceptors (Lipinski definition) is 5. The van der Waals surface area contributed by atoms with Crippen molar-refractivity contribution in [1.29, 1.82) is 0 Å². The molecule has 0 radical (unpaired) electrons. The van der Waals surface area contributed by atoms with Gasteiger partial charge in [0.05, 0.1) is 11.0 Å². The minimum absolute atomic E-state index is 0.262. The molecule has 1 fully saturated rings. The number of nitrogens with zero attached hydrogens (tertiary/aromatic N) is 2. The summed E-state index contributed by atoms with van der Waals surface area (Å²) in [4.78, 5) is 4.27. The predicted octanol–water partition coefficient (Wildman–Crippen LogP) is 2.43. The smallest absolute Gasteiger partial charge is 0.227 e. The van der Waals surface area contributed by atoms with E-state index in [1.165, 1.54) is 0 Å². The van der Waals surface area contributed by atoms with Crippen LogP contribution in [0.2, 0.25) is 5.02 Å². The van der Waals surface area contributed by atoms with Crippen molar-refractivity contribution < 1.29 is 12.9 Å². The zero-order valence-electron chi connectivity index (χ0n) is 11.3. The molecule has 112 valence electrons. The maximum Gasteiger partial charge on any atom is 0.227 e. The second-order valence-corrected chi connectivity index (χ2v) is 8.02. The Labute approximate surface area is 128 Å². The summed E-state index contributed by atoms with van der Waals surface area (Å²) in [5, 5.41) is 4.17. The fraction of sp³-hybridized carbons (Fsp3) is 0.429. The molecule has 1 atom stereocenters. The minimum atomic E-state index is -2.99. The first-order valence-corrected chi connectivity index (χ1v) is 8.90. The van der Waals surface area contributed by atoms with Crippen LogP contribution in [0.5, 0.6) is 0 Å². The van der Waals surface area contributed by atoms with Crippen molar-refractivity contribution in [3.8, 4) is 0 Å². The monoisotopic (exact) mass is 326 g/mol. The molecule has 1 saturated heterocycles. The number of halogens is 1. The standard InChI is InChI=1S/C14H15ClN2O3S/c15-12-6-2-1-4-10(12)8-13-16-14(20-17-13)9-11-5-3-7-21(11,18)19/h1-2,4,6,11H,3,5,7-9H2. The van der Waals surface area contributed by atoms with Gasteiger partial charge in [0.25, 0.3) is 0 Å². The van der Waals surface area contributed by atoms with E-state index in [-0.39, 0.29) is 11.0 Å². The van der Waals surface area contributed by atoms with Gasteiger partial charge in [-0.05, 0) is 24.5 Å². The molecule has 3 rings (SSSR count). The topological polar surface area (TPSA) is 73.1 Å². The Bertz CT molecular complexity index is 742. The fourth-order valence-electron chi connectivity index (χ4n) is 2.54. The van der Waals surface area contributed by atoms with E-state index in [9.17, 15) is 8.42 Å². The summed E-state index contributed by atoms with van der Waals surface area (Å²) in [5.74, 6) is 1.17.